The van der Waals surface area contributed by atoms with Crippen LogP contribution < -0.4 is 0 Å². The Kier molecular flexibility index (Phi) is 11.2. The molecule has 15 heteroatoms. The van der Waals surface area contributed by atoms with Crippen molar-refractivity contribution in [1.82, 2.24) is 0 Å². The molecule has 8 aromatic rings. The number of nitrogens with zero attached hydrogens (tertiary/aromatic N) is 4. The van der Waals surface area contributed by atoms with E-state index in [0.717, 1.165) is 21.5 Å². The Hall–Kier alpha value is -5.81. The Balaban J connectivity index is 0.000000184. The van der Waals surface area contributed by atoms with Crippen molar-refractivity contribution in [2.24, 2.45) is 20.5 Å². The zero-order valence-corrected chi connectivity index (χ0v) is 31.6. The van der Waals surface area contributed by atoms with Crippen molar-refractivity contribution in [3.8, 4) is 11.5 Å². The molecular formula is C40H26MgN4O8S2. The van der Waals surface area contributed by atoms with Crippen LogP contribution in [-0.4, -0.2) is 59.2 Å². The van der Waals surface area contributed by atoms with E-state index in [9.17, 15) is 36.2 Å². The summed E-state index contributed by atoms with van der Waals surface area (Å²) in [5.41, 5.74) is 0.262. The molecule has 0 aliphatic heterocycles. The van der Waals surface area contributed by atoms with Crippen LogP contribution in [0.15, 0.2) is 176 Å². The van der Waals surface area contributed by atoms with Gasteiger partial charge < -0.3 is 19.3 Å². The fourth-order valence-corrected chi connectivity index (χ4v) is 7.13. The zero-order valence-electron chi connectivity index (χ0n) is 28.5. The Bertz CT molecular complexity index is 2840. The molecule has 8 aromatic carbocycles. The van der Waals surface area contributed by atoms with E-state index in [2.05, 4.69) is 20.5 Å². The second kappa shape index (κ2) is 15.9. The van der Waals surface area contributed by atoms with Gasteiger partial charge in [0.15, 0.2) is 0 Å². The Morgan fingerprint density at radius 2 is 0.709 bits per heavy atom. The fraction of sp³-hybridized carbons (Fsp3) is 0. The molecule has 0 unspecified atom stereocenters. The van der Waals surface area contributed by atoms with Gasteiger partial charge in [0.1, 0.15) is 54.5 Å². The molecule has 12 nitrogen and oxygen atoms in total. The van der Waals surface area contributed by atoms with Crippen LogP contribution in [0.5, 0.6) is 11.5 Å². The first-order valence-electron chi connectivity index (χ1n) is 16.1. The van der Waals surface area contributed by atoms with Crippen LogP contribution in [0.25, 0.3) is 43.1 Å². The van der Waals surface area contributed by atoms with Crippen molar-refractivity contribution in [2.75, 3.05) is 0 Å². The van der Waals surface area contributed by atoms with Gasteiger partial charge >= 0.3 is 23.1 Å². The number of rotatable bonds is 6. The summed E-state index contributed by atoms with van der Waals surface area (Å²) in [6, 6.07) is 40.7. The van der Waals surface area contributed by atoms with Gasteiger partial charge in [0.25, 0.3) is 0 Å². The van der Waals surface area contributed by atoms with E-state index in [-0.39, 0.29) is 57.3 Å². The standard InChI is InChI=1S/2C20H14N2O4S.Mg/c2*23-18-10-9-13-5-3-4-8-16(13)20(18)22-21-17-11-14-6-1-2-7-15(14)12-19(17)27(24,25)26;/h2*1-12,23H,(H,24,25,26);/q;;+2/p-2. The van der Waals surface area contributed by atoms with Crippen LogP contribution in [0.4, 0.5) is 22.7 Å². The molecule has 0 saturated heterocycles. The van der Waals surface area contributed by atoms with Gasteiger partial charge in [-0.15, -0.1) is 20.5 Å². The summed E-state index contributed by atoms with van der Waals surface area (Å²) >= 11 is 0. The van der Waals surface area contributed by atoms with Crippen molar-refractivity contribution in [1.29, 1.82) is 0 Å². The number of azo groups is 2. The minimum absolute atomic E-state index is 0. The summed E-state index contributed by atoms with van der Waals surface area (Å²) in [6.07, 6.45) is 0. The number of hydrogen-bond acceptors (Lipinski definition) is 12. The van der Waals surface area contributed by atoms with E-state index in [1.54, 1.807) is 84.9 Å². The van der Waals surface area contributed by atoms with E-state index in [1.807, 2.05) is 24.3 Å². The topological polar surface area (TPSA) is 204 Å². The molecule has 55 heavy (non-hydrogen) atoms. The maximum atomic E-state index is 11.7. The third-order valence-corrected chi connectivity index (χ3v) is 10.2. The minimum Gasteiger partial charge on any atom is -0.744 e. The largest absolute Gasteiger partial charge is 2.00 e. The second-order valence-corrected chi connectivity index (χ2v) is 14.6. The summed E-state index contributed by atoms with van der Waals surface area (Å²) in [5.74, 6) is -0.186. The zero-order chi connectivity index (χ0) is 38.0. The van der Waals surface area contributed by atoms with Crippen molar-refractivity contribution in [2.45, 2.75) is 9.79 Å². The number of benzene rings is 8. The maximum absolute atomic E-state index is 11.7. The molecule has 0 fully saturated rings. The third-order valence-electron chi connectivity index (χ3n) is 8.47. The van der Waals surface area contributed by atoms with Crippen LogP contribution in [-0.2, 0) is 20.2 Å². The van der Waals surface area contributed by atoms with E-state index >= 15 is 0 Å². The summed E-state index contributed by atoms with van der Waals surface area (Å²) in [6.45, 7) is 0. The molecular weight excluding hydrogens is 753 g/mol. The van der Waals surface area contributed by atoms with Gasteiger partial charge in [-0.3, -0.25) is 0 Å². The number of phenolic OH excluding ortho intramolecular Hbond substituents is 2. The molecule has 0 heterocycles. The first kappa shape index (κ1) is 38.9. The molecule has 2 N–H and O–H groups in total. The molecule has 0 spiro atoms. The third kappa shape index (κ3) is 8.47. The van der Waals surface area contributed by atoms with Crippen LogP contribution in [0.2, 0.25) is 0 Å². The van der Waals surface area contributed by atoms with Gasteiger partial charge in [0, 0.05) is 10.8 Å². The van der Waals surface area contributed by atoms with Gasteiger partial charge in [-0.05, 0) is 68.7 Å². The summed E-state index contributed by atoms with van der Waals surface area (Å²) in [4.78, 5) is -0.908. The molecule has 0 aromatic heterocycles. The van der Waals surface area contributed by atoms with Gasteiger partial charge in [0.2, 0.25) is 0 Å². The monoisotopic (exact) mass is 778 g/mol. The molecule has 0 aliphatic carbocycles. The molecule has 0 amide bonds. The fourth-order valence-electron chi connectivity index (χ4n) is 5.88. The molecule has 8 rings (SSSR count). The first-order chi connectivity index (χ1) is 25.9. The van der Waals surface area contributed by atoms with Crippen molar-refractivity contribution in [3.05, 3.63) is 146 Å². The second-order valence-electron chi connectivity index (χ2n) is 12.0. The van der Waals surface area contributed by atoms with Crippen LogP contribution >= 0.6 is 0 Å². The summed E-state index contributed by atoms with van der Waals surface area (Å²) < 4.78 is 70.1. The number of aromatic hydroxyl groups is 2. The van der Waals surface area contributed by atoms with Crippen molar-refractivity contribution in [3.63, 3.8) is 0 Å². The Morgan fingerprint density at radius 1 is 0.400 bits per heavy atom. The minimum atomic E-state index is -4.75. The van der Waals surface area contributed by atoms with Crippen LogP contribution in [0.1, 0.15) is 0 Å². The number of phenols is 2. The average molecular weight is 779 g/mol. The van der Waals surface area contributed by atoms with Gasteiger partial charge in [0.05, 0.1) is 9.79 Å². The van der Waals surface area contributed by atoms with Crippen molar-refractivity contribution >= 4 is 109 Å². The number of hydrogen-bond donors (Lipinski definition) is 2. The smallest absolute Gasteiger partial charge is 0.744 e. The van der Waals surface area contributed by atoms with Crippen LogP contribution in [0.3, 0.4) is 0 Å². The van der Waals surface area contributed by atoms with Gasteiger partial charge in [-0.25, -0.2) is 16.8 Å². The Labute approximate surface area is 330 Å². The quantitative estimate of drug-likeness (QED) is 0.0942. The first-order valence-corrected chi connectivity index (χ1v) is 18.9. The van der Waals surface area contributed by atoms with E-state index < -0.39 is 30.0 Å². The molecule has 0 radical (unpaired) electrons. The number of fused-ring (bicyclic) bond motifs is 4. The molecule has 0 bridgehead atoms. The molecule has 0 atom stereocenters. The normalized spacial score (nSPS) is 12.0. The molecule has 268 valence electrons. The Morgan fingerprint density at radius 3 is 1.05 bits per heavy atom. The van der Waals surface area contributed by atoms with Crippen LogP contribution in [0, 0.1) is 0 Å². The average Bonchev–Trinajstić information content (AvgIpc) is 3.16. The maximum Gasteiger partial charge on any atom is 2.00 e. The predicted molar refractivity (Wildman–Crippen MR) is 209 cm³/mol. The summed E-state index contributed by atoms with van der Waals surface area (Å²) in [5, 5.41) is 42.1. The molecule has 0 saturated carbocycles. The van der Waals surface area contributed by atoms with Gasteiger partial charge in [-0.2, -0.15) is 0 Å². The summed E-state index contributed by atoms with van der Waals surface area (Å²) in [7, 11) is -9.50. The predicted octanol–water partition coefficient (Wildman–Crippen LogP) is 9.66. The SMILES string of the molecule is O=S(=O)([O-])c1cc2ccccc2cc1N=Nc1c(O)ccc2ccccc12.O=S(=O)([O-])c1cc2ccccc2cc1N=Nc1c(O)ccc2ccccc12.[Mg+2]. The molecule has 0 aliphatic rings. The van der Waals surface area contributed by atoms with E-state index in [4.69, 9.17) is 0 Å². The van der Waals surface area contributed by atoms with Gasteiger partial charge in [-0.1, -0.05) is 109 Å². The van der Waals surface area contributed by atoms with E-state index in [0.29, 0.717) is 21.5 Å². The van der Waals surface area contributed by atoms with E-state index in [1.165, 1.54) is 36.4 Å². The van der Waals surface area contributed by atoms with Crippen molar-refractivity contribution < 1.29 is 36.2 Å².